The Labute approximate surface area is 366 Å². The molecule has 21 nitrogen and oxygen atoms in total. The maximum atomic E-state index is 11.9. The Morgan fingerprint density at radius 1 is 0.746 bits per heavy atom. The van der Waals surface area contributed by atoms with Crippen molar-refractivity contribution in [1.82, 2.24) is 10.6 Å². The van der Waals surface area contributed by atoms with Gasteiger partial charge >= 0.3 is 33.5 Å². The number of carbonyl (C=O) groups excluding carboxylic acids is 2. The van der Waals surface area contributed by atoms with Crippen molar-refractivity contribution in [3.63, 3.8) is 0 Å². The molecular weight excluding hydrogens is 825 g/mol. The third-order valence-electron chi connectivity index (χ3n) is 8.69. The Morgan fingerprint density at radius 3 is 1.63 bits per heavy atom. The van der Waals surface area contributed by atoms with Gasteiger partial charge in [-0.05, 0) is 76.4 Å². The molecule has 3 heterocycles. The van der Waals surface area contributed by atoms with Crippen LogP contribution in [0, 0.1) is 21.4 Å². The first-order chi connectivity index (χ1) is 29.3. The summed E-state index contributed by atoms with van der Waals surface area (Å²) in [4.78, 5) is 33.6. The van der Waals surface area contributed by atoms with Gasteiger partial charge in [0.15, 0.2) is 13.3 Å². The molecule has 2 amide bonds. The van der Waals surface area contributed by atoms with Crippen molar-refractivity contribution in [2.75, 3.05) is 39.7 Å². The minimum atomic E-state index is -1.26. The number of ether oxygens (including phenoxy) is 5. The van der Waals surface area contributed by atoms with Gasteiger partial charge in [0, 0.05) is 34.4 Å². The summed E-state index contributed by atoms with van der Waals surface area (Å²) in [5.74, 6) is 1.23. The van der Waals surface area contributed by atoms with Gasteiger partial charge in [0.1, 0.15) is 47.4 Å². The van der Waals surface area contributed by atoms with Gasteiger partial charge in [0.2, 0.25) is 6.54 Å². The van der Waals surface area contributed by atoms with Crippen LogP contribution in [0.25, 0.3) is 0 Å². The van der Waals surface area contributed by atoms with E-state index < -0.39 is 68.4 Å². The number of nitriles is 1. The highest BCUT2D eigenvalue weighted by atomic mass is 16.6. The normalized spacial score (nSPS) is 16.9. The summed E-state index contributed by atoms with van der Waals surface area (Å²) < 4.78 is 42.2. The Kier molecular flexibility index (Phi) is 19.0. The van der Waals surface area contributed by atoms with Crippen LogP contribution in [0.2, 0.25) is 0 Å². The zero-order chi connectivity index (χ0) is 45.8. The topological polar surface area (TPSA) is 312 Å². The Bertz CT molecular complexity index is 2070. The predicted octanol–water partition coefficient (Wildman–Crippen LogP) is 0.791. The molecule has 0 radical (unpaired) electrons. The number of benzene rings is 3. The summed E-state index contributed by atoms with van der Waals surface area (Å²) in [5, 5.41) is 53.8. The van der Waals surface area contributed by atoms with Crippen molar-refractivity contribution < 1.29 is 67.2 Å². The lowest BCUT2D eigenvalue weighted by Crippen LogP contribution is -2.36. The van der Waals surface area contributed by atoms with Crippen molar-refractivity contribution in [3.05, 3.63) is 81.4 Å². The molecule has 0 fully saturated rings. The molecule has 0 spiro atoms. The number of nitrogens with zero attached hydrogens (tertiary/aromatic N) is 2. The summed E-state index contributed by atoms with van der Waals surface area (Å²) >= 11 is 0. The first-order valence-corrected chi connectivity index (χ1v) is 19.4. The lowest BCUT2D eigenvalue weighted by Gasteiger charge is -2.21. The molecule has 3 aliphatic rings. The number of nitrogens with one attached hydrogen (secondary N) is 2. The monoisotopic (exact) mass is 880 g/mol. The fourth-order valence-corrected chi connectivity index (χ4v) is 6.38. The number of hydrogen-bond acceptors (Lipinski definition) is 18. The molecule has 9 N–H and O–H groups in total. The van der Waals surface area contributed by atoms with Crippen molar-refractivity contribution in [2.24, 2.45) is 11.5 Å². The third kappa shape index (κ3) is 14.7. The highest BCUT2D eigenvalue weighted by Crippen LogP contribution is 2.29. The fourth-order valence-electron chi connectivity index (χ4n) is 6.38. The molecule has 0 aliphatic carbocycles. The molecule has 24 heteroatoms. The van der Waals surface area contributed by atoms with E-state index in [2.05, 4.69) is 10.6 Å². The van der Waals surface area contributed by atoms with E-state index in [9.17, 15) is 34.8 Å². The minimum absolute atomic E-state index is 0. The number of fused-ring (bicyclic) bond motifs is 3. The minimum Gasteiger partial charge on any atom is -0.479 e. The van der Waals surface area contributed by atoms with E-state index in [1.165, 1.54) is 0 Å². The van der Waals surface area contributed by atoms with E-state index in [-0.39, 0.29) is 40.1 Å². The number of alkyl carbamates (subject to hydrolysis) is 2. The summed E-state index contributed by atoms with van der Waals surface area (Å²) in [6, 6.07) is 17.3. The SMILES string of the molecule is C.CC(C)(C)OC(=O)NCOc1cccc2c1B(O)OC2CNC(=O)OC(C)(C)C.N#CCOc1cccc2c1B(O)OC2C[N+](=O)[O-].NCOc1cccc2c1B(O)OC2CN. The van der Waals surface area contributed by atoms with Gasteiger partial charge in [-0.15, -0.1) is 0 Å². The first kappa shape index (κ1) is 51.7. The van der Waals surface area contributed by atoms with E-state index in [0.717, 1.165) is 5.56 Å². The predicted molar refractivity (Wildman–Crippen MR) is 231 cm³/mol. The Morgan fingerprint density at radius 2 is 1.17 bits per heavy atom. The molecule has 63 heavy (non-hydrogen) atoms. The van der Waals surface area contributed by atoms with Crippen LogP contribution in [0.3, 0.4) is 0 Å². The summed E-state index contributed by atoms with van der Waals surface area (Å²) in [6.45, 7) is 10.4. The van der Waals surface area contributed by atoms with Crippen LogP contribution < -0.4 is 52.7 Å². The van der Waals surface area contributed by atoms with Crippen LogP contribution in [-0.4, -0.2) is 104 Å². The highest BCUT2D eigenvalue weighted by Gasteiger charge is 2.41. The van der Waals surface area contributed by atoms with Crippen molar-refractivity contribution in [1.29, 1.82) is 5.26 Å². The summed E-state index contributed by atoms with van der Waals surface area (Å²) in [6.07, 6.45) is -2.80. The second kappa shape index (κ2) is 23.2. The Balaban J connectivity index is 0.000000266. The van der Waals surface area contributed by atoms with Crippen LogP contribution in [-0.2, 0) is 23.4 Å². The average Bonchev–Trinajstić information content (AvgIpc) is 3.82. The zero-order valence-electron chi connectivity index (χ0n) is 35.2. The van der Waals surface area contributed by atoms with Gasteiger partial charge in [-0.25, -0.2) is 9.59 Å². The van der Waals surface area contributed by atoms with Crippen molar-refractivity contribution in [2.45, 2.75) is 78.5 Å². The number of carbonyl (C=O) groups is 2. The van der Waals surface area contributed by atoms with E-state index in [0.29, 0.717) is 51.3 Å². The maximum Gasteiger partial charge on any atom is 0.496 e. The molecule has 0 aromatic heterocycles. The van der Waals surface area contributed by atoms with E-state index in [1.54, 1.807) is 84.0 Å². The fraction of sp³-hybridized carbons (Fsp3) is 0.462. The van der Waals surface area contributed by atoms with Crippen LogP contribution in [0.1, 0.15) is 84.0 Å². The average molecular weight is 880 g/mol. The number of nitrogens with two attached hydrogens (primary N) is 2. The van der Waals surface area contributed by atoms with Gasteiger partial charge in [0.05, 0.1) is 12.2 Å². The molecule has 340 valence electrons. The quantitative estimate of drug-likeness (QED) is 0.0572. The molecule has 0 saturated carbocycles. The molecule has 3 unspecified atom stereocenters. The van der Waals surface area contributed by atoms with Gasteiger partial charge in [0.25, 0.3) is 0 Å². The molecule has 0 saturated heterocycles. The second-order valence-electron chi connectivity index (χ2n) is 15.6. The number of rotatable bonds is 12. The number of nitro groups is 1. The van der Waals surface area contributed by atoms with Gasteiger partial charge in [-0.3, -0.25) is 21.2 Å². The summed E-state index contributed by atoms with van der Waals surface area (Å²) in [7, 11) is -3.45. The van der Waals surface area contributed by atoms with Crippen LogP contribution >= 0.6 is 0 Å². The first-order valence-electron chi connectivity index (χ1n) is 19.4. The van der Waals surface area contributed by atoms with Crippen molar-refractivity contribution >= 4 is 49.9 Å². The van der Waals surface area contributed by atoms with Crippen molar-refractivity contribution in [3.8, 4) is 23.3 Å². The molecule has 3 aromatic rings. The molecule has 3 atom stereocenters. The van der Waals surface area contributed by atoms with E-state index >= 15 is 0 Å². The van der Waals surface area contributed by atoms with Crippen LogP contribution in [0.15, 0.2) is 54.6 Å². The Hall–Kier alpha value is -5.64. The largest absolute Gasteiger partial charge is 0.496 e. The molecule has 0 bridgehead atoms. The molecule has 6 rings (SSSR count). The highest BCUT2D eigenvalue weighted by molar-refractivity contribution is 6.63. The summed E-state index contributed by atoms with van der Waals surface area (Å²) in [5.41, 5.74) is 13.1. The van der Waals surface area contributed by atoms with E-state index in [1.807, 2.05) is 18.2 Å². The molecular formula is C39H55B3N6O15. The van der Waals surface area contributed by atoms with E-state index in [4.69, 9.17) is 54.4 Å². The van der Waals surface area contributed by atoms with Gasteiger partial charge in [-0.2, -0.15) is 5.26 Å². The number of amides is 2. The second-order valence-corrected chi connectivity index (χ2v) is 15.6. The van der Waals surface area contributed by atoms with Gasteiger partial charge < -0.3 is 63.8 Å². The zero-order valence-corrected chi connectivity index (χ0v) is 35.2. The van der Waals surface area contributed by atoms with Gasteiger partial charge in [-0.1, -0.05) is 43.8 Å². The standard InChI is InChI=1S/C19H29BN2O7.C10H9BN2O5.C9H13BN2O3.CH4/c1-18(2,3)27-16(23)21-10-14-12-8-7-9-13(15(12)20(25)29-14)26-11-22-17(24)28-19(4,5)6;12-4-5-17-8-3-1-2-7-9(6-13(15)16)18-11(14)10(7)8;11-4-8-6-2-1-3-7(14-5-12)9(6)10(13)15-8;/h7-9,14,25H,10-11H2,1-6H3,(H,21,23)(H,22,24);1-3,9,14H,5-6H2;1-3,8,13H,4-5,11-12H2;1H4. The molecule has 3 aromatic carbocycles. The lowest BCUT2D eigenvalue weighted by molar-refractivity contribution is -0.490. The third-order valence-corrected chi connectivity index (χ3v) is 8.69. The molecule has 3 aliphatic heterocycles. The van der Waals surface area contributed by atoms with Crippen LogP contribution in [0.5, 0.6) is 17.2 Å². The lowest BCUT2D eigenvalue weighted by atomic mass is 9.78. The maximum absolute atomic E-state index is 11.9. The number of hydrogen-bond donors (Lipinski definition) is 7. The van der Waals surface area contributed by atoms with Crippen LogP contribution in [0.4, 0.5) is 9.59 Å². The smallest absolute Gasteiger partial charge is 0.479 e.